The summed E-state index contributed by atoms with van der Waals surface area (Å²) in [5, 5.41) is 6.60. The van der Waals surface area contributed by atoms with Gasteiger partial charge in [0, 0.05) is 5.54 Å². The van der Waals surface area contributed by atoms with Gasteiger partial charge in [-0.25, -0.2) is 0 Å². The molecule has 0 unspecified atom stereocenters. The summed E-state index contributed by atoms with van der Waals surface area (Å²) in [6.45, 7) is 7.28. The van der Waals surface area contributed by atoms with Crippen LogP contribution in [0.1, 0.15) is 26.7 Å². The molecule has 3 heteroatoms. The van der Waals surface area contributed by atoms with Crippen LogP contribution in [0.3, 0.4) is 0 Å². The van der Waals surface area contributed by atoms with Crippen LogP contribution in [0, 0.1) is 0 Å². The SMILES string of the molecule is CNCCCNC(C)(C)CCN. The van der Waals surface area contributed by atoms with Crippen LogP contribution in [0.2, 0.25) is 0 Å². The van der Waals surface area contributed by atoms with Crippen molar-refractivity contribution in [2.45, 2.75) is 32.2 Å². The molecule has 0 fully saturated rings. The highest BCUT2D eigenvalue weighted by molar-refractivity contribution is 4.77. The first-order valence-electron chi connectivity index (χ1n) is 4.72. The molecule has 0 heterocycles. The van der Waals surface area contributed by atoms with Gasteiger partial charge in [-0.15, -0.1) is 0 Å². The predicted octanol–water partition coefficient (Wildman–Crippen LogP) is 0.313. The smallest absolute Gasteiger partial charge is 0.0137 e. The van der Waals surface area contributed by atoms with Crippen LogP contribution in [0.4, 0.5) is 0 Å². The third-order valence-electron chi connectivity index (χ3n) is 1.98. The summed E-state index contributed by atoms with van der Waals surface area (Å²) >= 11 is 0. The molecule has 0 saturated carbocycles. The molecule has 0 aromatic heterocycles. The molecule has 0 bridgehead atoms. The van der Waals surface area contributed by atoms with Crippen LogP contribution in [-0.2, 0) is 0 Å². The first kappa shape index (κ1) is 11.9. The average Bonchev–Trinajstić information content (AvgIpc) is 1.98. The third-order valence-corrected chi connectivity index (χ3v) is 1.98. The van der Waals surface area contributed by atoms with Gasteiger partial charge in [0.25, 0.3) is 0 Å². The van der Waals surface area contributed by atoms with Gasteiger partial charge in [0.15, 0.2) is 0 Å². The molecule has 3 nitrogen and oxygen atoms in total. The maximum atomic E-state index is 5.49. The lowest BCUT2D eigenvalue weighted by molar-refractivity contribution is 0.365. The van der Waals surface area contributed by atoms with E-state index in [-0.39, 0.29) is 5.54 Å². The zero-order chi connectivity index (χ0) is 9.45. The monoisotopic (exact) mass is 173 g/mol. The molecular weight excluding hydrogens is 150 g/mol. The van der Waals surface area contributed by atoms with Crippen LogP contribution in [0.5, 0.6) is 0 Å². The van der Waals surface area contributed by atoms with Gasteiger partial charge in [0.2, 0.25) is 0 Å². The lowest BCUT2D eigenvalue weighted by Crippen LogP contribution is -2.41. The minimum Gasteiger partial charge on any atom is -0.330 e. The van der Waals surface area contributed by atoms with E-state index >= 15 is 0 Å². The van der Waals surface area contributed by atoms with Crippen molar-refractivity contribution in [3.8, 4) is 0 Å². The fraction of sp³-hybridized carbons (Fsp3) is 1.00. The fourth-order valence-electron chi connectivity index (χ4n) is 1.14. The van der Waals surface area contributed by atoms with Crippen molar-refractivity contribution in [1.29, 1.82) is 0 Å². The Balaban J connectivity index is 3.33. The highest BCUT2D eigenvalue weighted by atomic mass is 15.0. The zero-order valence-corrected chi connectivity index (χ0v) is 8.61. The van der Waals surface area contributed by atoms with E-state index in [1.807, 2.05) is 7.05 Å². The standard InChI is InChI=1S/C9H23N3/c1-9(2,5-6-10)12-8-4-7-11-3/h11-12H,4-8,10H2,1-3H3. The van der Waals surface area contributed by atoms with Crippen molar-refractivity contribution in [2.24, 2.45) is 5.73 Å². The van der Waals surface area contributed by atoms with E-state index in [1.165, 1.54) is 6.42 Å². The van der Waals surface area contributed by atoms with Crippen LogP contribution in [-0.4, -0.2) is 32.2 Å². The fourth-order valence-corrected chi connectivity index (χ4v) is 1.14. The summed E-state index contributed by atoms with van der Waals surface area (Å²) in [4.78, 5) is 0. The Bertz CT molecular complexity index is 102. The number of nitrogens with one attached hydrogen (secondary N) is 2. The van der Waals surface area contributed by atoms with Gasteiger partial charge in [0.05, 0.1) is 0 Å². The van der Waals surface area contributed by atoms with E-state index in [9.17, 15) is 0 Å². The summed E-state index contributed by atoms with van der Waals surface area (Å²) in [5.41, 5.74) is 5.69. The first-order valence-corrected chi connectivity index (χ1v) is 4.72. The molecule has 74 valence electrons. The van der Waals surface area contributed by atoms with Crippen LogP contribution < -0.4 is 16.4 Å². The summed E-state index contributed by atoms with van der Waals surface area (Å²) in [7, 11) is 1.98. The second kappa shape index (κ2) is 6.40. The molecule has 0 aromatic carbocycles. The molecule has 0 aliphatic heterocycles. The van der Waals surface area contributed by atoms with Gasteiger partial charge < -0.3 is 16.4 Å². The topological polar surface area (TPSA) is 50.1 Å². The second-order valence-electron chi connectivity index (χ2n) is 3.81. The minimum absolute atomic E-state index is 0.197. The molecule has 12 heavy (non-hydrogen) atoms. The molecule has 0 saturated heterocycles. The van der Waals surface area contributed by atoms with Crippen molar-refractivity contribution >= 4 is 0 Å². The molecule has 0 atom stereocenters. The predicted molar refractivity (Wildman–Crippen MR) is 54.3 cm³/mol. The number of hydrogen-bond acceptors (Lipinski definition) is 3. The second-order valence-corrected chi connectivity index (χ2v) is 3.81. The average molecular weight is 173 g/mol. The lowest BCUT2D eigenvalue weighted by atomic mass is 10.0. The van der Waals surface area contributed by atoms with E-state index in [0.29, 0.717) is 0 Å². The van der Waals surface area contributed by atoms with E-state index in [1.54, 1.807) is 0 Å². The molecule has 0 aliphatic carbocycles. The normalized spacial score (nSPS) is 12.0. The summed E-state index contributed by atoms with van der Waals surface area (Å²) in [6.07, 6.45) is 2.21. The minimum atomic E-state index is 0.197. The van der Waals surface area contributed by atoms with E-state index in [0.717, 1.165) is 26.1 Å². The number of nitrogens with two attached hydrogens (primary N) is 1. The molecule has 4 N–H and O–H groups in total. The third kappa shape index (κ3) is 6.58. The maximum Gasteiger partial charge on any atom is 0.0137 e. The Kier molecular flexibility index (Phi) is 6.34. The van der Waals surface area contributed by atoms with Gasteiger partial charge >= 0.3 is 0 Å². The Morgan fingerprint density at radius 1 is 1.25 bits per heavy atom. The Labute approximate surface area is 76.1 Å². The summed E-state index contributed by atoms with van der Waals surface area (Å²) < 4.78 is 0. The van der Waals surface area contributed by atoms with Crippen molar-refractivity contribution < 1.29 is 0 Å². The highest BCUT2D eigenvalue weighted by Crippen LogP contribution is 2.05. The number of hydrogen-bond donors (Lipinski definition) is 3. The van der Waals surface area contributed by atoms with Crippen molar-refractivity contribution in [3.63, 3.8) is 0 Å². The molecule has 0 aromatic rings. The number of rotatable bonds is 7. The van der Waals surface area contributed by atoms with Gasteiger partial charge in [-0.1, -0.05) is 0 Å². The van der Waals surface area contributed by atoms with Crippen LogP contribution >= 0.6 is 0 Å². The van der Waals surface area contributed by atoms with Gasteiger partial charge in [-0.2, -0.15) is 0 Å². The Morgan fingerprint density at radius 2 is 1.92 bits per heavy atom. The van der Waals surface area contributed by atoms with Gasteiger partial charge in [-0.3, -0.25) is 0 Å². The quantitative estimate of drug-likeness (QED) is 0.486. The zero-order valence-electron chi connectivity index (χ0n) is 8.61. The first-order chi connectivity index (χ1) is 5.62. The van der Waals surface area contributed by atoms with Crippen LogP contribution in [0.25, 0.3) is 0 Å². The summed E-state index contributed by atoms with van der Waals surface area (Å²) in [5.74, 6) is 0. The summed E-state index contributed by atoms with van der Waals surface area (Å²) in [6, 6.07) is 0. The molecule has 0 spiro atoms. The van der Waals surface area contributed by atoms with Crippen molar-refractivity contribution in [1.82, 2.24) is 10.6 Å². The van der Waals surface area contributed by atoms with Crippen molar-refractivity contribution in [3.05, 3.63) is 0 Å². The Morgan fingerprint density at radius 3 is 2.42 bits per heavy atom. The Hall–Kier alpha value is -0.120. The van der Waals surface area contributed by atoms with E-state index in [2.05, 4.69) is 24.5 Å². The van der Waals surface area contributed by atoms with E-state index in [4.69, 9.17) is 5.73 Å². The molecule has 0 aliphatic rings. The lowest BCUT2D eigenvalue weighted by Gasteiger charge is -2.25. The van der Waals surface area contributed by atoms with Gasteiger partial charge in [0.1, 0.15) is 0 Å². The maximum absolute atomic E-state index is 5.49. The molecule has 0 amide bonds. The molecule has 0 radical (unpaired) electrons. The van der Waals surface area contributed by atoms with E-state index < -0.39 is 0 Å². The van der Waals surface area contributed by atoms with Crippen LogP contribution in [0.15, 0.2) is 0 Å². The molecular formula is C9H23N3. The largest absolute Gasteiger partial charge is 0.330 e. The van der Waals surface area contributed by atoms with Gasteiger partial charge in [-0.05, 0) is 53.4 Å². The van der Waals surface area contributed by atoms with Crippen molar-refractivity contribution in [2.75, 3.05) is 26.7 Å². The molecule has 0 rings (SSSR count). The highest BCUT2D eigenvalue weighted by Gasteiger charge is 2.14.